The molecule has 0 unspecified atom stereocenters. The van der Waals surface area contributed by atoms with Gasteiger partial charge in [-0.2, -0.15) is 0 Å². The van der Waals surface area contributed by atoms with Gasteiger partial charge in [-0.15, -0.1) is 0 Å². The van der Waals surface area contributed by atoms with Crippen LogP contribution in [0.5, 0.6) is 0 Å². The van der Waals surface area contributed by atoms with Crippen molar-refractivity contribution in [3.05, 3.63) is 34.3 Å². The van der Waals surface area contributed by atoms with Gasteiger partial charge in [0, 0.05) is 11.6 Å². The lowest BCUT2D eigenvalue weighted by Gasteiger charge is -2.30. The number of likely N-dealkylation sites (tertiary alicyclic amines) is 1. The van der Waals surface area contributed by atoms with Gasteiger partial charge in [0.25, 0.3) is 0 Å². The molecule has 0 bridgehead atoms. The standard InChI is InChI=1S/C14H18ClNO2/c1-10-12(3-2-4-13(10)15)9-16-7-5-11(6-8-16)14(17)18/h2-4,11H,5-9H2,1H3,(H,17,18). The predicted octanol–water partition coefficient (Wildman–Crippen LogP) is 2.95. The van der Waals surface area contributed by atoms with E-state index in [0.717, 1.165) is 43.1 Å². The first-order valence-corrected chi connectivity index (χ1v) is 6.65. The number of carboxylic acids is 1. The molecule has 0 spiro atoms. The van der Waals surface area contributed by atoms with Crippen LogP contribution in [-0.2, 0) is 11.3 Å². The highest BCUT2D eigenvalue weighted by Crippen LogP contribution is 2.23. The largest absolute Gasteiger partial charge is 0.481 e. The summed E-state index contributed by atoms with van der Waals surface area (Å²) in [6, 6.07) is 5.95. The molecule has 4 heteroatoms. The first-order chi connectivity index (χ1) is 8.58. The maximum absolute atomic E-state index is 10.9. The Hall–Kier alpha value is -1.06. The van der Waals surface area contributed by atoms with Gasteiger partial charge in [0.1, 0.15) is 0 Å². The first-order valence-electron chi connectivity index (χ1n) is 6.27. The van der Waals surface area contributed by atoms with Crippen molar-refractivity contribution in [2.45, 2.75) is 26.3 Å². The second kappa shape index (κ2) is 5.72. The second-order valence-electron chi connectivity index (χ2n) is 4.91. The summed E-state index contributed by atoms with van der Waals surface area (Å²) in [5, 5.41) is 9.76. The number of hydrogen-bond acceptors (Lipinski definition) is 2. The summed E-state index contributed by atoms with van der Waals surface area (Å²) >= 11 is 6.10. The SMILES string of the molecule is Cc1c(Cl)cccc1CN1CCC(C(=O)O)CC1. The Kier molecular flexibility index (Phi) is 4.25. The Morgan fingerprint density at radius 3 is 2.72 bits per heavy atom. The average Bonchev–Trinajstić information content (AvgIpc) is 2.36. The summed E-state index contributed by atoms with van der Waals surface area (Å²) in [7, 11) is 0. The third-order valence-electron chi connectivity index (χ3n) is 3.71. The lowest BCUT2D eigenvalue weighted by molar-refractivity contribution is -0.143. The van der Waals surface area contributed by atoms with Crippen LogP contribution in [0.15, 0.2) is 18.2 Å². The van der Waals surface area contributed by atoms with E-state index in [9.17, 15) is 4.79 Å². The lowest BCUT2D eigenvalue weighted by atomic mass is 9.96. The molecule has 18 heavy (non-hydrogen) atoms. The Labute approximate surface area is 112 Å². The summed E-state index contributed by atoms with van der Waals surface area (Å²) in [6.07, 6.45) is 1.49. The fourth-order valence-electron chi connectivity index (χ4n) is 2.40. The summed E-state index contributed by atoms with van der Waals surface area (Å²) in [5.41, 5.74) is 2.36. The number of carboxylic acid groups (broad SMARTS) is 1. The third-order valence-corrected chi connectivity index (χ3v) is 4.12. The molecule has 98 valence electrons. The number of carbonyl (C=O) groups is 1. The van der Waals surface area contributed by atoms with Gasteiger partial charge in [0.15, 0.2) is 0 Å². The number of hydrogen-bond donors (Lipinski definition) is 1. The Bertz CT molecular complexity index is 439. The fraction of sp³-hybridized carbons (Fsp3) is 0.500. The van der Waals surface area contributed by atoms with Crippen molar-refractivity contribution >= 4 is 17.6 Å². The van der Waals surface area contributed by atoms with Gasteiger partial charge in [-0.25, -0.2) is 0 Å². The molecule has 0 amide bonds. The summed E-state index contributed by atoms with van der Waals surface area (Å²) in [5.74, 6) is -0.824. The topological polar surface area (TPSA) is 40.5 Å². The summed E-state index contributed by atoms with van der Waals surface area (Å²) in [6.45, 7) is 4.59. The zero-order chi connectivity index (χ0) is 13.1. The van der Waals surface area contributed by atoms with E-state index in [2.05, 4.69) is 11.0 Å². The van der Waals surface area contributed by atoms with Gasteiger partial charge in [-0.3, -0.25) is 9.69 Å². The van der Waals surface area contributed by atoms with Crippen molar-refractivity contribution in [3.8, 4) is 0 Å². The van der Waals surface area contributed by atoms with Crippen LogP contribution in [-0.4, -0.2) is 29.1 Å². The number of benzene rings is 1. The molecule has 0 aliphatic carbocycles. The molecule has 1 aliphatic rings. The molecule has 1 aliphatic heterocycles. The van der Waals surface area contributed by atoms with Gasteiger partial charge in [0.2, 0.25) is 0 Å². The maximum Gasteiger partial charge on any atom is 0.306 e. The van der Waals surface area contributed by atoms with Crippen molar-refractivity contribution in [2.24, 2.45) is 5.92 Å². The van der Waals surface area contributed by atoms with E-state index in [1.165, 1.54) is 5.56 Å². The van der Waals surface area contributed by atoms with Crippen LogP contribution in [0.4, 0.5) is 0 Å². The predicted molar refractivity (Wildman–Crippen MR) is 71.8 cm³/mol. The Morgan fingerprint density at radius 1 is 1.44 bits per heavy atom. The molecule has 2 rings (SSSR count). The highest BCUT2D eigenvalue weighted by atomic mass is 35.5. The molecule has 1 N–H and O–H groups in total. The van der Waals surface area contributed by atoms with Crippen LogP contribution in [0.1, 0.15) is 24.0 Å². The zero-order valence-corrected chi connectivity index (χ0v) is 11.3. The Morgan fingerprint density at radius 2 is 2.11 bits per heavy atom. The number of aliphatic carboxylic acids is 1. The molecule has 0 saturated carbocycles. The van der Waals surface area contributed by atoms with E-state index in [1.807, 2.05) is 19.1 Å². The third kappa shape index (κ3) is 3.03. The van der Waals surface area contributed by atoms with Gasteiger partial charge in [0.05, 0.1) is 5.92 Å². The van der Waals surface area contributed by atoms with Crippen LogP contribution in [0, 0.1) is 12.8 Å². The van der Waals surface area contributed by atoms with Crippen molar-refractivity contribution < 1.29 is 9.90 Å². The monoisotopic (exact) mass is 267 g/mol. The number of halogens is 1. The number of rotatable bonds is 3. The minimum absolute atomic E-state index is 0.165. The summed E-state index contributed by atoms with van der Waals surface area (Å²) in [4.78, 5) is 13.2. The quantitative estimate of drug-likeness (QED) is 0.915. The molecule has 1 aromatic rings. The van der Waals surface area contributed by atoms with Gasteiger partial charge < -0.3 is 5.11 Å². The van der Waals surface area contributed by atoms with Crippen LogP contribution in [0.2, 0.25) is 5.02 Å². The molecule has 1 fully saturated rings. The normalized spacial score (nSPS) is 17.9. The van der Waals surface area contributed by atoms with E-state index in [-0.39, 0.29) is 5.92 Å². The molecule has 1 aromatic carbocycles. The highest BCUT2D eigenvalue weighted by molar-refractivity contribution is 6.31. The minimum Gasteiger partial charge on any atom is -0.481 e. The molecule has 1 heterocycles. The number of piperidine rings is 1. The fourth-order valence-corrected chi connectivity index (χ4v) is 2.60. The molecule has 0 aromatic heterocycles. The van der Waals surface area contributed by atoms with Gasteiger partial charge in [-0.05, 0) is 50.0 Å². The van der Waals surface area contributed by atoms with Crippen molar-refractivity contribution in [1.82, 2.24) is 4.90 Å². The van der Waals surface area contributed by atoms with E-state index in [1.54, 1.807) is 0 Å². The van der Waals surface area contributed by atoms with Crippen LogP contribution >= 0.6 is 11.6 Å². The van der Waals surface area contributed by atoms with E-state index in [4.69, 9.17) is 16.7 Å². The van der Waals surface area contributed by atoms with E-state index >= 15 is 0 Å². The van der Waals surface area contributed by atoms with Crippen LogP contribution < -0.4 is 0 Å². The molecular weight excluding hydrogens is 250 g/mol. The van der Waals surface area contributed by atoms with E-state index < -0.39 is 5.97 Å². The van der Waals surface area contributed by atoms with Crippen molar-refractivity contribution in [2.75, 3.05) is 13.1 Å². The molecule has 3 nitrogen and oxygen atoms in total. The van der Waals surface area contributed by atoms with Crippen molar-refractivity contribution in [1.29, 1.82) is 0 Å². The minimum atomic E-state index is -0.659. The Balaban J connectivity index is 1.96. The van der Waals surface area contributed by atoms with Gasteiger partial charge in [-0.1, -0.05) is 23.7 Å². The molecule has 0 atom stereocenters. The molecule has 1 saturated heterocycles. The molecular formula is C14H18ClNO2. The van der Waals surface area contributed by atoms with Crippen LogP contribution in [0.25, 0.3) is 0 Å². The highest BCUT2D eigenvalue weighted by Gasteiger charge is 2.24. The van der Waals surface area contributed by atoms with Gasteiger partial charge >= 0.3 is 5.97 Å². The lowest BCUT2D eigenvalue weighted by Crippen LogP contribution is -2.35. The zero-order valence-electron chi connectivity index (χ0n) is 10.5. The smallest absolute Gasteiger partial charge is 0.306 e. The maximum atomic E-state index is 10.9. The average molecular weight is 268 g/mol. The second-order valence-corrected chi connectivity index (χ2v) is 5.32. The first kappa shape index (κ1) is 13.4. The molecule has 0 radical (unpaired) electrons. The summed E-state index contributed by atoms with van der Waals surface area (Å²) < 4.78 is 0. The number of nitrogens with zero attached hydrogens (tertiary/aromatic N) is 1. The van der Waals surface area contributed by atoms with E-state index in [0.29, 0.717) is 0 Å². The van der Waals surface area contributed by atoms with Crippen molar-refractivity contribution in [3.63, 3.8) is 0 Å². The van der Waals surface area contributed by atoms with Crippen LogP contribution in [0.3, 0.4) is 0 Å².